The Bertz CT molecular complexity index is 870. The van der Waals surface area contributed by atoms with E-state index >= 15 is 0 Å². The zero-order valence-electron chi connectivity index (χ0n) is 12.7. The fraction of sp³-hybridized carbons (Fsp3) is 0.0667. The molecule has 0 heterocycles. The molecule has 8 nitrogen and oxygen atoms in total. The molecule has 10 heteroatoms. The molecule has 0 saturated heterocycles. The van der Waals surface area contributed by atoms with Crippen LogP contribution in [0.2, 0.25) is 10.0 Å². The predicted octanol–water partition coefficient (Wildman–Crippen LogP) is 2.75. The molecule has 0 aromatic heterocycles. The minimum atomic E-state index is -0.892. The van der Waals surface area contributed by atoms with Crippen LogP contribution >= 0.6 is 23.2 Å². The number of benzene rings is 2. The second-order valence-corrected chi connectivity index (χ2v) is 5.49. The van der Waals surface area contributed by atoms with Crippen molar-refractivity contribution in [3.63, 3.8) is 0 Å². The third-order valence-electron chi connectivity index (χ3n) is 3.03. The minimum absolute atomic E-state index is 0.253. The van der Waals surface area contributed by atoms with Crippen LogP contribution in [-0.4, -0.2) is 24.2 Å². The SMILES string of the molecule is COc1c(Cl)cc(Cl)cc1/C=N\NC(=O)c1cc([N+](=O)[O-])ccc1[O-]. The Morgan fingerprint density at radius 1 is 1.32 bits per heavy atom. The molecule has 2 aromatic carbocycles. The van der Waals surface area contributed by atoms with Gasteiger partial charge in [-0.05, 0) is 12.1 Å². The van der Waals surface area contributed by atoms with Gasteiger partial charge in [-0.25, -0.2) is 5.43 Å². The first-order valence-corrected chi connectivity index (χ1v) is 7.41. The van der Waals surface area contributed by atoms with E-state index in [9.17, 15) is 20.0 Å². The number of amides is 1. The molecule has 130 valence electrons. The van der Waals surface area contributed by atoms with E-state index in [-0.39, 0.29) is 10.7 Å². The number of nitro groups is 1. The number of rotatable bonds is 5. The number of methoxy groups -OCH3 is 1. The molecule has 1 N–H and O–H groups in total. The van der Waals surface area contributed by atoms with Crippen LogP contribution in [-0.2, 0) is 0 Å². The van der Waals surface area contributed by atoms with Crippen molar-refractivity contribution in [1.82, 2.24) is 5.43 Å². The molecule has 0 bridgehead atoms. The van der Waals surface area contributed by atoms with Crippen LogP contribution in [0, 0.1) is 10.1 Å². The molecule has 0 aliphatic carbocycles. The van der Waals surface area contributed by atoms with Crippen LogP contribution in [0.15, 0.2) is 35.4 Å². The lowest BCUT2D eigenvalue weighted by atomic mass is 10.1. The average molecular weight is 383 g/mol. The van der Waals surface area contributed by atoms with Gasteiger partial charge in [0.1, 0.15) is 5.75 Å². The third-order valence-corrected chi connectivity index (χ3v) is 3.53. The van der Waals surface area contributed by atoms with Crippen LogP contribution in [0.4, 0.5) is 5.69 Å². The van der Waals surface area contributed by atoms with Crippen molar-refractivity contribution in [2.24, 2.45) is 5.10 Å². The average Bonchev–Trinajstić information content (AvgIpc) is 2.54. The van der Waals surface area contributed by atoms with Crippen molar-refractivity contribution in [2.75, 3.05) is 7.11 Å². The summed E-state index contributed by atoms with van der Waals surface area (Å²) < 4.78 is 5.11. The van der Waals surface area contributed by atoms with Gasteiger partial charge in [-0.2, -0.15) is 5.10 Å². The molecule has 0 aliphatic rings. The highest BCUT2D eigenvalue weighted by molar-refractivity contribution is 6.36. The van der Waals surface area contributed by atoms with E-state index in [4.69, 9.17) is 27.9 Å². The molecule has 2 rings (SSSR count). The van der Waals surface area contributed by atoms with Crippen LogP contribution in [0.5, 0.6) is 11.5 Å². The number of ether oxygens (including phenoxy) is 1. The van der Waals surface area contributed by atoms with E-state index in [2.05, 4.69) is 10.5 Å². The van der Waals surface area contributed by atoms with E-state index in [1.807, 2.05) is 0 Å². The maximum Gasteiger partial charge on any atom is 0.270 e. The van der Waals surface area contributed by atoms with E-state index < -0.39 is 22.1 Å². The number of halogens is 2. The van der Waals surface area contributed by atoms with Gasteiger partial charge in [-0.1, -0.05) is 35.0 Å². The number of hydrazone groups is 1. The lowest BCUT2D eigenvalue weighted by Gasteiger charge is -2.11. The predicted molar refractivity (Wildman–Crippen MR) is 90.6 cm³/mol. The van der Waals surface area contributed by atoms with Gasteiger partial charge >= 0.3 is 0 Å². The van der Waals surface area contributed by atoms with Crippen molar-refractivity contribution in [2.45, 2.75) is 0 Å². The quantitative estimate of drug-likeness (QED) is 0.484. The number of hydrogen-bond donors (Lipinski definition) is 1. The van der Waals surface area contributed by atoms with E-state index in [1.54, 1.807) is 0 Å². The van der Waals surface area contributed by atoms with Crippen molar-refractivity contribution in [3.05, 3.63) is 61.6 Å². The topological polar surface area (TPSA) is 117 Å². The number of hydrogen-bond acceptors (Lipinski definition) is 6. The van der Waals surface area contributed by atoms with Crippen molar-refractivity contribution in [1.29, 1.82) is 0 Å². The Kier molecular flexibility index (Phi) is 5.79. The number of carbonyl (C=O) groups is 1. The summed E-state index contributed by atoms with van der Waals surface area (Å²) in [5.41, 5.74) is 1.72. The van der Waals surface area contributed by atoms with Crippen LogP contribution in [0.1, 0.15) is 15.9 Å². The summed E-state index contributed by atoms with van der Waals surface area (Å²) in [5, 5.41) is 26.7. The first kappa shape index (κ1) is 18.5. The summed E-state index contributed by atoms with van der Waals surface area (Å²) in [6.07, 6.45) is 1.22. The maximum absolute atomic E-state index is 12.0. The van der Waals surface area contributed by atoms with Crippen molar-refractivity contribution < 1.29 is 19.6 Å². The molecule has 0 unspecified atom stereocenters. The third kappa shape index (κ3) is 4.37. The Labute approximate surface area is 151 Å². The zero-order chi connectivity index (χ0) is 18.6. The monoisotopic (exact) mass is 382 g/mol. The van der Waals surface area contributed by atoms with Gasteiger partial charge in [0.25, 0.3) is 11.6 Å². The molecular weight excluding hydrogens is 373 g/mol. The fourth-order valence-electron chi connectivity index (χ4n) is 1.92. The molecule has 0 atom stereocenters. The first-order chi connectivity index (χ1) is 11.8. The standard InChI is InChI=1S/C15H11Cl2N3O5/c1-25-14-8(4-9(16)5-12(14)17)7-18-19-15(22)11-6-10(20(23)24)2-3-13(11)21/h2-7,21H,1H3,(H,19,22)/p-1/b18-7-. The molecular formula is C15H10Cl2N3O5-. The number of nitrogens with zero attached hydrogens (tertiary/aromatic N) is 2. The number of non-ortho nitro benzene ring substituents is 1. The summed E-state index contributed by atoms with van der Waals surface area (Å²) >= 11 is 11.9. The van der Waals surface area contributed by atoms with E-state index in [0.717, 1.165) is 18.2 Å². The van der Waals surface area contributed by atoms with Gasteiger partial charge in [-0.3, -0.25) is 14.9 Å². The summed E-state index contributed by atoms with van der Waals surface area (Å²) in [6.45, 7) is 0. The van der Waals surface area contributed by atoms with Crippen molar-refractivity contribution >= 4 is 41.0 Å². The molecule has 25 heavy (non-hydrogen) atoms. The van der Waals surface area contributed by atoms with Crippen molar-refractivity contribution in [3.8, 4) is 11.5 Å². The van der Waals surface area contributed by atoms with Crippen LogP contribution in [0.3, 0.4) is 0 Å². The van der Waals surface area contributed by atoms with Gasteiger partial charge in [0.15, 0.2) is 0 Å². The summed E-state index contributed by atoms with van der Waals surface area (Å²) in [7, 11) is 1.40. The minimum Gasteiger partial charge on any atom is -0.872 e. The first-order valence-electron chi connectivity index (χ1n) is 6.65. The second-order valence-electron chi connectivity index (χ2n) is 4.65. The summed E-state index contributed by atoms with van der Waals surface area (Å²) in [6, 6.07) is 5.82. The van der Waals surface area contributed by atoms with Gasteiger partial charge in [0.05, 0.1) is 23.3 Å². The van der Waals surface area contributed by atoms with Crippen LogP contribution in [0.25, 0.3) is 0 Å². The highest BCUT2D eigenvalue weighted by Crippen LogP contribution is 2.31. The second kappa shape index (κ2) is 7.82. The lowest BCUT2D eigenvalue weighted by Crippen LogP contribution is -2.19. The number of nitro benzene ring substituents is 1. The Morgan fingerprint density at radius 2 is 2.04 bits per heavy atom. The maximum atomic E-state index is 12.0. The van der Waals surface area contributed by atoms with Gasteiger partial charge in [0, 0.05) is 28.3 Å². The highest BCUT2D eigenvalue weighted by atomic mass is 35.5. The molecule has 0 fully saturated rings. The van der Waals surface area contributed by atoms with Gasteiger partial charge in [-0.15, -0.1) is 0 Å². The summed E-state index contributed by atoms with van der Waals surface area (Å²) in [5.74, 6) is -1.26. The molecule has 0 spiro atoms. The summed E-state index contributed by atoms with van der Waals surface area (Å²) in [4.78, 5) is 22.0. The largest absolute Gasteiger partial charge is 0.872 e. The van der Waals surface area contributed by atoms with Crippen LogP contribution < -0.4 is 15.3 Å². The molecule has 0 saturated carbocycles. The molecule has 2 aromatic rings. The van der Waals surface area contributed by atoms with E-state index in [0.29, 0.717) is 16.3 Å². The fourth-order valence-corrected chi connectivity index (χ4v) is 2.51. The Balaban J connectivity index is 2.22. The molecule has 0 radical (unpaired) electrons. The smallest absolute Gasteiger partial charge is 0.270 e. The molecule has 0 aliphatic heterocycles. The highest BCUT2D eigenvalue weighted by Gasteiger charge is 2.13. The Hall–Kier alpha value is -2.84. The number of nitrogens with one attached hydrogen (secondary N) is 1. The Morgan fingerprint density at radius 3 is 2.68 bits per heavy atom. The van der Waals surface area contributed by atoms with Gasteiger partial charge in [0.2, 0.25) is 0 Å². The van der Waals surface area contributed by atoms with Gasteiger partial charge < -0.3 is 9.84 Å². The number of carbonyl (C=O) groups excluding carboxylic acids is 1. The zero-order valence-corrected chi connectivity index (χ0v) is 14.2. The van der Waals surface area contributed by atoms with E-state index in [1.165, 1.54) is 25.5 Å². The molecule has 1 amide bonds. The normalized spacial score (nSPS) is 10.7. The lowest BCUT2D eigenvalue weighted by molar-refractivity contribution is -0.385.